The molecule has 1 aliphatic heterocycles. The molecule has 0 bridgehead atoms. The average Bonchev–Trinajstić information content (AvgIpc) is 2.39. The summed E-state index contributed by atoms with van der Waals surface area (Å²) in [6.07, 6.45) is 4.03. The fourth-order valence-corrected chi connectivity index (χ4v) is 2.23. The lowest BCUT2D eigenvalue weighted by Gasteiger charge is -2.27. The summed E-state index contributed by atoms with van der Waals surface area (Å²) in [4.78, 5) is 33.6. The van der Waals surface area contributed by atoms with E-state index in [1.54, 1.807) is 6.08 Å². The zero-order valence-corrected chi connectivity index (χ0v) is 7.93. The predicted molar refractivity (Wildman–Crippen MR) is 47.6 cm³/mol. The number of hydrogen-bond acceptors (Lipinski definition) is 4. The first-order valence-corrected chi connectivity index (χ1v) is 4.72. The van der Waals surface area contributed by atoms with Gasteiger partial charge in [0.05, 0.1) is 12.3 Å². The molecule has 5 nitrogen and oxygen atoms in total. The minimum atomic E-state index is -1.25. The van der Waals surface area contributed by atoms with Crippen molar-refractivity contribution in [1.82, 2.24) is 0 Å². The van der Waals surface area contributed by atoms with E-state index in [0.717, 1.165) is 0 Å². The molecule has 1 N–H and O–H groups in total. The van der Waals surface area contributed by atoms with Crippen molar-refractivity contribution in [3.63, 3.8) is 0 Å². The largest absolute Gasteiger partial charge is 0.481 e. The van der Waals surface area contributed by atoms with E-state index in [-0.39, 0.29) is 6.42 Å². The Bertz CT molecular complexity index is 370. The van der Waals surface area contributed by atoms with E-state index in [9.17, 15) is 14.4 Å². The third kappa shape index (κ3) is 1.35. The Kier molecular flexibility index (Phi) is 2.10. The fourth-order valence-electron chi connectivity index (χ4n) is 2.23. The molecule has 0 radical (unpaired) electrons. The summed E-state index contributed by atoms with van der Waals surface area (Å²) in [5, 5.41) is 8.76. The van der Waals surface area contributed by atoms with Gasteiger partial charge < -0.3 is 9.84 Å². The van der Waals surface area contributed by atoms with E-state index in [1.165, 1.54) is 6.08 Å². The van der Waals surface area contributed by atoms with Crippen LogP contribution in [0.2, 0.25) is 0 Å². The maximum Gasteiger partial charge on any atom is 0.325 e. The Morgan fingerprint density at radius 3 is 3.00 bits per heavy atom. The minimum Gasteiger partial charge on any atom is -0.481 e. The number of carbonyl (C=O) groups is 3. The van der Waals surface area contributed by atoms with Crippen molar-refractivity contribution in [2.45, 2.75) is 19.3 Å². The van der Waals surface area contributed by atoms with Crippen LogP contribution in [0.25, 0.3) is 0 Å². The highest BCUT2D eigenvalue weighted by Crippen LogP contribution is 2.46. The highest BCUT2D eigenvalue weighted by molar-refractivity contribution is 6.02. The first kappa shape index (κ1) is 9.89. The summed E-state index contributed by atoms with van der Waals surface area (Å²) >= 11 is 0. The summed E-state index contributed by atoms with van der Waals surface area (Å²) < 4.78 is 4.52. The second-order valence-corrected chi connectivity index (χ2v) is 3.85. The standard InChI is InChI=1S/C10H10O5/c11-7(12)5-10-4-2-1-3-6(10)8(13)15-9(10)14/h2,4,6H,1,3,5H2,(H,11,12). The van der Waals surface area contributed by atoms with Crippen LogP contribution in [0.1, 0.15) is 19.3 Å². The Morgan fingerprint density at radius 2 is 2.33 bits per heavy atom. The van der Waals surface area contributed by atoms with Crippen LogP contribution in [-0.4, -0.2) is 23.0 Å². The van der Waals surface area contributed by atoms with Crippen LogP contribution >= 0.6 is 0 Å². The van der Waals surface area contributed by atoms with Gasteiger partial charge in [0.15, 0.2) is 0 Å². The highest BCUT2D eigenvalue weighted by atomic mass is 16.6. The van der Waals surface area contributed by atoms with Gasteiger partial charge in [-0.1, -0.05) is 12.2 Å². The number of cyclic esters (lactones) is 2. The topological polar surface area (TPSA) is 80.7 Å². The van der Waals surface area contributed by atoms with E-state index in [1.807, 2.05) is 0 Å². The number of allylic oxidation sites excluding steroid dienone is 1. The third-order valence-electron chi connectivity index (χ3n) is 2.96. The van der Waals surface area contributed by atoms with Gasteiger partial charge in [-0.05, 0) is 12.8 Å². The fraction of sp³-hybridized carbons (Fsp3) is 0.500. The van der Waals surface area contributed by atoms with E-state index in [0.29, 0.717) is 12.8 Å². The van der Waals surface area contributed by atoms with Gasteiger partial charge in [-0.2, -0.15) is 0 Å². The van der Waals surface area contributed by atoms with Gasteiger partial charge in [0.25, 0.3) is 0 Å². The molecule has 0 aromatic rings. The Labute approximate surface area is 85.7 Å². The number of rotatable bonds is 2. The summed E-state index contributed by atoms with van der Waals surface area (Å²) in [6.45, 7) is 0. The van der Waals surface area contributed by atoms with E-state index < -0.39 is 29.2 Å². The van der Waals surface area contributed by atoms with Gasteiger partial charge in [0.2, 0.25) is 0 Å². The molecule has 2 aliphatic rings. The number of carboxylic acids is 1. The molecule has 5 heteroatoms. The Morgan fingerprint density at radius 1 is 1.60 bits per heavy atom. The van der Waals surface area contributed by atoms with Crippen molar-refractivity contribution in [3.8, 4) is 0 Å². The smallest absolute Gasteiger partial charge is 0.325 e. The van der Waals surface area contributed by atoms with Gasteiger partial charge in [0, 0.05) is 0 Å². The predicted octanol–water partition coefficient (Wildman–Crippen LogP) is 0.497. The molecule has 1 fully saturated rings. The number of ether oxygens (including phenoxy) is 1. The summed E-state index contributed by atoms with van der Waals surface area (Å²) in [5.41, 5.74) is -1.25. The lowest BCUT2D eigenvalue weighted by Crippen LogP contribution is -2.36. The zero-order valence-electron chi connectivity index (χ0n) is 7.93. The zero-order chi connectivity index (χ0) is 11.1. The molecule has 1 heterocycles. The van der Waals surface area contributed by atoms with E-state index in [4.69, 9.17) is 5.11 Å². The molecule has 2 unspecified atom stereocenters. The normalized spacial score (nSPS) is 33.7. The van der Waals surface area contributed by atoms with Crippen LogP contribution in [0.4, 0.5) is 0 Å². The molecule has 0 aromatic carbocycles. The molecule has 0 aromatic heterocycles. The average molecular weight is 210 g/mol. The molecule has 1 saturated heterocycles. The van der Waals surface area contributed by atoms with Crippen LogP contribution < -0.4 is 0 Å². The minimum absolute atomic E-state index is 0.376. The van der Waals surface area contributed by atoms with Crippen molar-refractivity contribution in [2.75, 3.05) is 0 Å². The molecule has 0 saturated carbocycles. The second-order valence-electron chi connectivity index (χ2n) is 3.85. The van der Waals surface area contributed by atoms with Crippen molar-refractivity contribution in [3.05, 3.63) is 12.2 Å². The second kappa shape index (κ2) is 3.18. The number of carbonyl (C=O) groups excluding carboxylic acids is 2. The maximum absolute atomic E-state index is 11.5. The van der Waals surface area contributed by atoms with Crippen LogP contribution in [0, 0.1) is 11.3 Å². The van der Waals surface area contributed by atoms with E-state index in [2.05, 4.69) is 4.74 Å². The maximum atomic E-state index is 11.5. The van der Waals surface area contributed by atoms with E-state index >= 15 is 0 Å². The Hall–Kier alpha value is -1.65. The third-order valence-corrected chi connectivity index (χ3v) is 2.96. The molecular weight excluding hydrogens is 200 g/mol. The number of aliphatic carboxylic acids is 1. The molecule has 1 aliphatic carbocycles. The van der Waals surface area contributed by atoms with Gasteiger partial charge in [-0.15, -0.1) is 0 Å². The first-order valence-electron chi connectivity index (χ1n) is 4.72. The molecule has 80 valence electrons. The van der Waals surface area contributed by atoms with Crippen LogP contribution in [-0.2, 0) is 19.1 Å². The van der Waals surface area contributed by atoms with Crippen LogP contribution in [0.15, 0.2) is 12.2 Å². The van der Waals surface area contributed by atoms with Gasteiger partial charge in [-0.3, -0.25) is 14.4 Å². The quantitative estimate of drug-likeness (QED) is 0.407. The lowest BCUT2D eigenvalue weighted by atomic mass is 9.69. The molecule has 15 heavy (non-hydrogen) atoms. The molecule has 0 spiro atoms. The van der Waals surface area contributed by atoms with Crippen molar-refractivity contribution >= 4 is 17.9 Å². The van der Waals surface area contributed by atoms with Crippen molar-refractivity contribution in [2.24, 2.45) is 11.3 Å². The summed E-state index contributed by atoms with van der Waals surface area (Å²) in [6, 6.07) is 0. The number of carboxylic acid groups (broad SMARTS) is 1. The number of esters is 2. The summed E-state index contributed by atoms with van der Waals surface area (Å²) in [5.74, 6) is -3.04. The Balaban J connectivity index is 2.41. The lowest BCUT2D eigenvalue weighted by molar-refractivity contribution is -0.156. The SMILES string of the molecule is O=C(O)CC12C=CCCC1C(=O)OC2=O. The highest BCUT2D eigenvalue weighted by Gasteiger charge is 2.57. The van der Waals surface area contributed by atoms with Gasteiger partial charge >= 0.3 is 17.9 Å². The molecular formula is C10H10O5. The molecule has 2 rings (SSSR count). The summed E-state index contributed by atoms with van der Waals surface area (Å²) in [7, 11) is 0. The van der Waals surface area contributed by atoms with Crippen molar-refractivity contribution in [1.29, 1.82) is 0 Å². The van der Waals surface area contributed by atoms with Crippen LogP contribution in [0.5, 0.6) is 0 Å². The number of hydrogen-bond donors (Lipinski definition) is 1. The molecule has 2 atom stereocenters. The van der Waals surface area contributed by atoms with Crippen molar-refractivity contribution < 1.29 is 24.2 Å². The monoisotopic (exact) mass is 210 g/mol. The number of fused-ring (bicyclic) bond motifs is 1. The molecule has 0 amide bonds. The van der Waals surface area contributed by atoms with Gasteiger partial charge in [-0.25, -0.2) is 0 Å². The first-order chi connectivity index (χ1) is 7.06. The van der Waals surface area contributed by atoms with Gasteiger partial charge in [0.1, 0.15) is 5.41 Å². The van der Waals surface area contributed by atoms with Crippen LogP contribution in [0.3, 0.4) is 0 Å².